The monoisotopic (exact) mass is 274 g/mol. The van der Waals surface area contributed by atoms with Crippen LogP contribution < -0.4 is 10.2 Å². The van der Waals surface area contributed by atoms with Gasteiger partial charge in [-0.2, -0.15) is 0 Å². The lowest BCUT2D eigenvalue weighted by molar-refractivity contribution is -0.129. The fourth-order valence-corrected chi connectivity index (χ4v) is 3.19. The lowest BCUT2D eigenvalue weighted by Crippen LogP contribution is -2.51. The van der Waals surface area contributed by atoms with E-state index < -0.39 is 0 Å². The van der Waals surface area contributed by atoms with Crippen molar-refractivity contribution in [3.63, 3.8) is 0 Å². The zero-order chi connectivity index (χ0) is 14.6. The third-order valence-corrected chi connectivity index (χ3v) is 4.38. The molecule has 0 aromatic heterocycles. The van der Waals surface area contributed by atoms with Crippen molar-refractivity contribution in [3.8, 4) is 0 Å². The van der Waals surface area contributed by atoms with Gasteiger partial charge in [-0.1, -0.05) is 31.0 Å². The third kappa shape index (κ3) is 3.04. The number of aryl methyl sites for hydroxylation is 1. The van der Waals surface area contributed by atoms with Gasteiger partial charge < -0.3 is 10.2 Å². The fraction of sp³-hybridized carbons (Fsp3) is 0.588. The Morgan fingerprint density at radius 1 is 1.35 bits per heavy atom. The summed E-state index contributed by atoms with van der Waals surface area (Å²) >= 11 is 0. The van der Waals surface area contributed by atoms with E-state index in [0.717, 1.165) is 44.5 Å². The topological polar surface area (TPSA) is 32.3 Å². The van der Waals surface area contributed by atoms with E-state index in [-0.39, 0.29) is 11.3 Å². The first-order valence-electron chi connectivity index (χ1n) is 7.64. The Morgan fingerprint density at radius 2 is 2.05 bits per heavy atom. The van der Waals surface area contributed by atoms with E-state index >= 15 is 0 Å². The van der Waals surface area contributed by atoms with Crippen LogP contribution in [0.4, 0.5) is 5.69 Å². The predicted molar refractivity (Wildman–Crippen MR) is 84.0 cm³/mol. The fourth-order valence-electron chi connectivity index (χ4n) is 3.19. The number of amides is 1. The lowest BCUT2D eigenvalue weighted by atomic mass is 9.75. The molecule has 3 heteroatoms. The molecule has 110 valence electrons. The number of nitrogens with one attached hydrogen (secondary N) is 1. The molecule has 1 unspecified atom stereocenters. The summed E-state index contributed by atoms with van der Waals surface area (Å²) < 4.78 is 0. The Balaban J connectivity index is 2.20. The van der Waals surface area contributed by atoms with Crippen molar-refractivity contribution >= 4 is 11.6 Å². The number of hydrogen-bond donors (Lipinski definition) is 1. The molecule has 1 fully saturated rings. The predicted octanol–water partition coefficient (Wildman–Crippen LogP) is 3.13. The van der Waals surface area contributed by atoms with Gasteiger partial charge in [0.25, 0.3) is 0 Å². The van der Waals surface area contributed by atoms with Gasteiger partial charge in [-0.25, -0.2) is 0 Å². The van der Waals surface area contributed by atoms with Crippen LogP contribution in [0.25, 0.3) is 0 Å². The largest absolute Gasteiger partial charge is 0.316 e. The van der Waals surface area contributed by atoms with E-state index in [1.165, 1.54) is 5.56 Å². The maximum atomic E-state index is 13.0. The van der Waals surface area contributed by atoms with Crippen LogP contribution in [0.5, 0.6) is 0 Å². The molecular formula is C17H26N2O. The van der Waals surface area contributed by atoms with Gasteiger partial charge in [0.1, 0.15) is 0 Å². The Kier molecular flexibility index (Phi) is 4.81. The van der Waals surface area contributed by atoms with Crippen molar-refractivity contribution in [3.05, 3.63) is 29.8 Å². The summed E-state index contributed by atoms with van der Waals surface area (Å²) in [6.45, 7) is 6.08. The number of carbonyl (C=O) groups is 1. The Labute approximate surface area is 122 Å². The standard InChI is InChI=1S/C17H26N2O/c1-4-10-17(11-5-12-18-13-17)16(20)19(3)15-8-6-14(2)7-9-15/h6-9,18H,4-5,10-13H2,1-3H3. The zero-order valence-electron chi connectivity index (χ0n) is 12.9. The molecule has 0 saturated carbocycles. The Bertz CT molecular complexity index is 441. The van der Waals surface area contributed by atoms with Gasteiger partial charge in [0, 0.05) is 19.3 Å². The Hall–Kier alpha value is -1.35. The lowest BCUT2D eigenvalue weighted by Gasteiger charge is -2.39. The van der Waals surface area contributed by atoms with Crippen LogP contribution >= 0.6 is 0 Å². The molecule has 0 spiro atoms. The van der Waals surface area contributed by atoms with E-state index in [2.05, 4.69) is 31.3 Å². The van der Waals surface area contributed by atoms with E-state index in [1.807, 2.05) is 24.1 Å². The molecule has 1 atom stereocenters. The summed E-state index contributed by atoms with van der Waals surface area (Å²) in [5, 5.41) is 3.41. The summed E-state index contributed by atoms with van der Waals surface area (Å²) in [6, 6.07) is 8.18. The zero-order valence-corrected chi connectivity index (χ0v) is 12.9. The van der Waals surface area contributed by atoms with E-state index in [0.29, 0.717) is 0 Å². The van der Waals surface area contributed by atoms with Crippen molar-refractivity contribution in [2.75, 3.05) is 25.0 Å². The average molecular weight is 274 g/mol. The molecule has 1 N–H and O–H groups in total. The molecule has 20 heavy (non-hydrogen) atoms. The van der Waals surface area contributed by atoms with E-state index in [4.69, 9.17) is 0 Å². The molecule has 0 aliphatic carbocycles. The van der Waals surface area contributed by atoms with Crippen LogP contribution in [0.3, 0.4) is 0 Å². The first kappa shape index (κ1) is 15.0. The molecule has 1 saturated heterocycles. The molecular weight excluding hydrogens is 248 g/mol. The summed E-state index contributed by atoms with van der Waals surface area (Å²) in [5.41, 5.74) is 1.99. The molecule has 1 aliphatic rings. The highest BCUT2D eigenvalue weighted by Crippen LogP contribution is 2.34. The van der Waals surface area contributed by atoms with Crippen LogP contribution in [0, 0.1) is 12.3 Å². The second-order valence-corrected chi connectivity index (χ2v) is 6.01. The van der Waals surface area contributed by atoms with Gasteiger partial charge >= 0.3 is 0 Å². The van der Waals surface area contributed by atoms with Crippen LogP contribution in [0.2, 0.25) is 0 Å². The summed E-state index contributed by atoms with van der Waals surface area (Å²) in [5.74, 6) is 0.260. The van der Waals surface area contributed by atoms with Gasteiger partial charge in [0.15, 0.2) is 0 Å². The SMILES string of the molecule is CCCC1(C(=O)N(C)c2ccc(C)cc2)CCCNC1. The second-order valence-electron chi connectivity index (χ2n) is 6.01. The summed E-state index contributed by atoms with van der Waals surface area (Å²) in [4.78, 5) is 14.8. The molecule has 3 nitrogen and oxygen atoms in total. The first-order chi connectivity index (χ1) is 9.59. The highest BCUT2D eigenvalue weighted by molar-refractivity contribution is 5.97. The molecule has 1 aromatic carbocycles. The normalized spacial score (nSPS) is 22.6. The minimum atomic E-state index is -0.216. The van der Waals surface area contributed by atoms with Crippen LogP contribution in [0.15, 0.2) is 24.3 Å². The summed E-state index contributed by atoms with van der Waals surface area (Å²) in [6.07, 6.45) is 4.11. The molecule has 1 aromatic rings. The van der Waals surface area contributed by atoms with Gasteiger partial charge in [-0.3, -0.25) is 4.79 Å². The van der Waals surface area contributed by atoms with Crippen molar-refractivity contribution in [2.45, 2.75) is 39.5 Å². The number of nitrogens with zero attached hydrogens (tertiary/aromatic N) is 1. The Morgan fingerprint density at radius 3 is 2.60 bits per heavy atom. The van der Waals surface area contributed by atoms with Crippen molar-refractivity contribution in [1.82, 2.24) is 5.32 Å². The van der Waals surface area contributed by atoms with Crippen LogP contribution in [-0.4, -0.2) is 26.0 Å². The molecule has 0 bridgehead atoms. The molecule has 1 heterocycles. The van der Waals surface area contributed by atoms with Crippen LogP contribution in [0.1, 0.15) is 38.2 Å². The van der Waals surface area contributed by atoms with Crippen molar-refractivity contribution in [1.29, 1.82) is 0 Å². The smallest absolute Gasteiger partial charge is 0.234 e. The maximum Gasteiger partial charge on any atom is 0.234 e. The highest BCUT2D eigenvalue weighted by Gasteiger charge is 2.40. The number of anilines is 1. The highest BCUT2D eigenvalue weighted by atomic mass is 16.2. The number of rotatable bonds is 4. The van der Waals surface area contributed by atoms with Gasteiger partial charge in [-0.05, 0) is 44.9 Å². The van der Waals surface area contributed by atoms with Crippen LogP contribution in [-0.2, 0) is 4.79 Å². The quantitative estimate of drug-likeness (QED) is 0.915. The number of benzene rings is 1. The summed E-state index contributed by atoms with van der Waals surface area (Å²) in [7, 11) is 1.90. The molecule has 1 amide bonds. The van der Waals surface area contributed by atoms with Crippen molar-refractivity contribution in [2.24, 2.45) is 5.41 Å². The minimum Gasteiger partial charge on any atom is -0.316 e. The van der Waals surface area contributed by atoms with Crippen molar-refractivity contribution < 1.29 is 4.79 Å². The number of carbonyl (C=O) groups excluding carboxylic acids is 1. The maximum absolute atomic E-state index is 13.0. The van der Waals surface area contributed by atoms with Gasteiger partial charge in [-0.15, -0.1) is 0 Å². The molecule has 1 aliphatic heterocycles. The first-order valence-corrected chi connectivity index (χ1v) is 7.64. The number of piperidine rings is 1. The minimum absolute atomic E-state index is 0.216. The average Bonchev–Trinajstić information content (AvgIpc) is 2.48. The van der Waals surface area contributed by atoms with Gasteiger partial charge in [0.05, 0.1) is 5.41 Å². The van der Waals surface area contributed by atoms with E-state index in [1.54, 1.807) is 0 Å². The third-order valence-electron chi connectivity index (χ3n) is 4.38. The molecule has 2 rings (SSSR count). The van der Waals surface area contributed by atoms with Gasteiger partial charge in [0.2, 0.25) is 5.91 Å². The molecule has 0 radical (unpaired) electrons. The number of hydrogen-bond acceptors (Lipinski definition) is 2. The van der Waals surface area contributed by atoms with E-state index in [9.17, 15) is 4.79 Å². The second kappa shape index (κ2) is 6.40.